The van der Waals surface area contributed by atoms with Crippen molar-refractivity contribution in [2.45, 2.75) is 48.8 Å². The topological polar surface area (TPSA) is 66.8 Å². The van der Waals surface area contributed by atoms with Crippen LogP contribution in [0.2, 0.25) is 0 Å². The summed E-state index contributed by atoms with van der Waals surface area (Å²) in [7, 11) is 2.04. The molecular formula is C18H19NO4. The highest BCUT2D eigenvalue weighted by atomic mass is 16.5. The molecule has 5 rings (SSSR count). The average Bonchev–Trinajstić information content (AvgIpc) is 2.90. The van der Waals surface area contributed by atoms with Crippen LogP contribution in [0.1, 0.15) is 40.7 Å². The lowest BCUT2D eigenvalue weighted by Gasteiger charge is -2.62. The fourth-order valence-electron chi connectivity index (χ4n) is 5.66. The van der Waals surface area contributed by atoms with Gasteiger partial charge in [0.05, 0.1) is 16.6 Å². The molecule has 2 aliphatic carbocycles. The monoisotopic (exact) mass is 313 g/mol. The minimum Gasteiger partial charge on any atom is -0.481 e. The first-order chi connectivity index (χ1) is 11.0. The molecule has 0 amide bonds. The molecule has 2 fully saturated rings. The molecule has 2 aliphatic heterocycles. The van der Waals surface area contributed by atoms with Crippen LogP contribution in [0.5, 0.6) is 5.75 Å². The predicted molar refractivity (Wildman–Crippen MR) is 81.9 cm³/mol. The van der Waals surface area contributed by atoms with Crippen molar-refractivity contribution in [3.63, 3.8) is 0 Å². The second-order valence-corrected chi connectivity index (χ2v) is 7.45. The van der Waals surface area contributed by atoms with E-state index in [1.807, 2.05) is 13.1 Å². The van der Waals surface area contributed by atoms with Gasteiger partial charge in [-0.3, -0.25) is 9.59 Å². The second-order valence-electron chi connectivity index (χ2n) is 7.45. The van der Waals surface area contributed by atoms with Crippen molar-refractivity contribution in [2.24, 2.45) is 0 Å². The van der Waals surface area contributed by atoms with Gasteiger partial charge < -0.3 is 14.7 Å². The van der Waals surface area contributed by atoms with E-state index in [-0.39, 0.29) is 11.8 Å². The Morgan fingerprint density at radius 2 is 2.22 bits per heavy atom. The number of likely N-dealkylation sites (tertiary alicyclic amines) is 1. The van der Waals surface area contributed by atoms with Crippen LogP contribution < -0.4 is 4.74 Å². The van der Waals surface area contributed by atoms with Crippen LogP contribution in [0.3, 0.4) is 0 Å². The van der Waals surface area contributed by atoms with Gasteiger partial charge in [0.15, 0.2) is 18.2 Å². The minimum atomic E-state index is -0.960. The first-order valence-corrected chi connectivity index (χ1v) is 8.26. The van der Waals surface area contributed by atoms with E-state index in [0.717, 1.165) is 30.4 Å². The van der Waals surface area contributed by atoms with Gasteiger partial charge >= 0.3 is 0 Å². The summed E-state index contributed by atoms with van der Waals surface area (Å²) in [6.07, 6.45) is 2.38. The summed E-state index contributed by atoms with van der Waals surface area (Å²) in [5, 5.41) is 11.7. The maximum atomic E-state index is 12.6. The number of hydrogen-bond acceptors (Lipinski definition) is 5. The van der Waals surface area contributed by atoms with Crippen molar-refractivity contribution >= 4 is 12.1 Å². The molecule has 5 heteroatoms. The van der Waals surface area contributed by atoms with Gasteiger partial charge in [0.25, 0.3) is 0 Å². The molecule has 2 heterocycles. The first kappa shape index (κ1) is 13.7. The van der Waals surface area contributed by atoms with Crippen LogP contribution in [0.4, 0.5) is 0 Å². The van der Waals surface area contributed by atoms with Crippen LogP contribution in [0, 0.1) is 0 Å². The molecule has 1 saturated carbocycles. The summed E-state index contributed by atoms with van der Waals surface area (Å²) in [6, 6.07) is 3.75. The number of carbonyl (C=O) groups is 2. The second kappa shape index (κ2) is 4.02. The fourth-order valence-corrected chi connectivity index (χ4v) is 5.66. The number of piperidine rings is 1. The van der Waals surface area contributed by atoms with Gasteiger partial charge in [0.1, 0.15) is 5.75 Å². The van der Waals surface area contributed by atoms with E-state index in [1.165, 1.54) is 0 Å². The molecule has 4 atom stereocenters. The molecule has 120 valence electrons. The number of likely N-dealkylation sites (N-methyl/N-ethyl adjacent to an activating group) is 1. The molecule has 2 bridgehead atoms. The quantitative estimate of drug-likeness (QED) is 0.779. The molecule has 23 heavy (non-hydrogen) atoms. The van der Waals surface area contributed by atoms with E-state index >= 15 is 0 Å². The van der Waals surface area contributed by atoms with Crippen molar-refractivity contribution in [1.82, 2.24) is 4.90 Å². The molecule has 1 N–H and O–H groups in total. The van der Waals surface area contributed by atoms with E-state index in [4.69, 9.17) is 4.74 Å². The largest absolute Gasteiger partial charge is 0.481 e. The van der Waals surface area contributed by atoms with E-state index in [2.05, 4.69) is 4.90 Å². The third kappa shape index (κ3) is 1.30. The molecule has 1 saturated heterocycles. The molecule has 1 spiro atoms. The Balaban J connectivity index is 1.87. The third-order valence-corrected chi connectivity index (χ3v) is 6.70. The number of Topliss-reactive ketones (excluding diaryl/α,β-unsaturated/α-hetero) is 1. The molecule has 5 nitrogen and oxygen atoms in total. The molecule has 1 aromatic carbocycles. The Morgan fingerprint density at radius 3 is 3.00 bits per heavy atom. The number of nitrogens with zero attached hydrogens (tertiary/aromatic N) is 1. The van der Waals surface area contributed by atoms with Crippen LogP contribution >= 0.6 is 0 Å². The van der Waals surface area contributed by atoms with Crippen molar-refractivity contribution in [2.75, 3.05) is 13.6 Å². The van der Waals surface area contributed by atoms with Crippen LogP contribution in [0.15, 0.2) is 12.1 Å². The third-order valence-electron chi connectivity index (χ3n) is 6.70. The number of aldehydes is 1. The van der Waals surface area contributed by atoms with Crippen molar-refractivity contribution in [3.8, 4) is 5.75 Å². The molecule has 0 radical (unpaired) electrons. The number of aliphatic hydroxyl groups is 1. The van der Waals surface area contributed by atoms with Gasteiger partial charge in [-0.1, -0.05) is 6.07 Å². The van der Waals surface area contributed by atoms with Crippen molar-refractivity contribution in [1.29, 1.82) is 0 Å². The molecule has 1 aromatic rings. The fraction of sp³-hybridized carbons (Fsp3) is 0.556. The Hall–Kier alpha value is -1.72. The molecule has 0 aromatic heterocycles. The molecule has 4 aliphatic rings. The minimum absolute atomic E-state index is 0.00372. The number of hydrogen-bond donors (Lipinski definition) is 1. The number of carbonyl (C=O) groups excluding carboxylic acids is 2. The van der Waals surface area contributed by atoms with Gasteiger partial charge in [-0.05, 0) is 44.5 Å². The summed E-state index contributed by atoms with van der Waals surface area (Å²) in [6.45, 7) is 0.824. The zero-order valence-corrected chi connectivity index (χ0v) is 13.0. The van der Waals surface area contributed by atoms with Crippen LogP contribution in [0.25, 0.3) is 0 Å². The molecular weight excluding hydrogens is 294 g/mol. The summed E-state index contributed by atoms with van der Waals surface area (Å²) >= 11 is 0. The number of benzene rings is 1. The predicted octanol–water partition coefficient (Wildman–Crippen LogP) is 0.852. The van der Waals surface area contributed by atoms with Gasteiger partial charge in [-0.15, -0.1) is 0 Å². The maximum Gasteiger partial charge on any atom is 0.174 e. The normalized spacial score (nSPS) is 40.5. The Morgan fingerprint density at radius 1 is 1.39 bits per heavy atom. The van der Waals surface area contributed by atoms with E-state index < -0.39 is 17.1 Å². The average molecular weight is 313 g/mol. The lowest BCUT2D eigenvalue weighted by molar-refractivity contribution is -0.185. The summed E-state index contributed by atoms with van der Waals surface area (Å²) in [5.74, 6) is 0.595. The van der Waals surface area contributed by atoms with Crippen LogP contribution in [-0.2, 0) is 16.6 Å². The highest BCUT2D eigenvalue weighted by Gasteiger charge is 2.72. The maximum absolute atomic E-state index is 12.6. The highest BCUT2D eigenvalue weighted by molar-refractivity contribution is 5.91. The standard InChI is InChI=1S/C18H19NO4/c1-19-7-6-17-14-10-2-3-11(9-20)15(14)23-16(17)12(21)4-5-18(17,22)13(19)8-10/h2-3,9,13,16,22H,4-8H2,1H3/t13-,16+,17+,18-/m1/s1. The lowest BCUT2D eigenvalue weighted by Crippen LogP contribution is -2.76. The number of rotatable bonds is 1. The van der Waals surface area contributed by atoms with Gasteiger partial charge in [-0.2, -0.15) is 0 Å². The summed E-state index contributed by atoms with van der Waals surface area (Å²) in [5.41, 5.74) is 0.899. The smallest absolute Gasteiger partial charge is 0.174 e. The Labute approximate surface area is 134 Å². The van der Waals surface area contributed by atoms with Gasteiger partial charge in [0, 0.05) is 18.0 Å². The van der Waals surface area contributed by atoms with Crippen molar-refractivity contribution < 1.29 is 19.4 Å². The van der Waals surface area contributed by atoms with E-state index in [0.29, 0.717) is 30.6 Å². The highest BCUT2D eigenvalue weighted by Crippen LogP contribution is 2.63. The Kier molecular flexibility index (Phi) is 2.40. The van der Waals surface area contributed by atoms with E-state index in [9.17, 15) is 14.7 Å². The number of ether oxygens (including phenoxy) is 1. The zero-order valence-electron chi connectivity index (χ0n) is 13.0. The Bertz CT molecular complexity index is 760. The first-order valence-electron chi connectivity index (χ1n) is 8.26. The van der Waals surface area contributed by atoms with E-state index in [1.54, 1.807) is 6.07 Å². The van der Waals surface area contributed by atoms with Crippen LogP contribution in [-0.4, -0.2) is 53.4 Å². The lowest BCUT2D eigenvalue weighted by atomic mass is 9.49. The van der Waals surface area contributed by atoms with Gasteiger partial charge in [-0.25, -0.2) is 0 Å². The summed E-state index contributed by atoms with van der Waals surface area (Å²) < 4.78 is 6.05. The number of ketones is 1. The SMILES string of the molecule is CN1CC[C@]23c4c5ccc(C=O)c4O[C@H]2C(=O)CC[C@@]3(O)[C@H]1C5. The molecule has 0 unspecified atom stereocenters. The summed E-state index contributed by atoms with van der Waals surface area (Å²) in [4.78, 5) is 26.3. The van der Waals surface area contributed by atoms with Gasteiger partial charge in [0.2, 0.25) is 0 Å². The van der Waals surface area contributed by atoms with Crippen molar-refractivity contribution in [3.05, 3.63) is 28.8 Å². The zero-order chi connectivity index (χ0) is 16.0.